The van der Waals surface area contributed by atoms with Gasteiger partial charge in [0.1, 0.15) is 11.4 Å². The van der Waals surface area contributed by atoms with Crippen molar-refractivity contribution in [1.82, 2.24) is 4.90 Å². The first-order chi connectivity index (χ1) is 15.4. The summed E-state index contributed by atoms with van der Waals surface area (Å²) in [6.45, 7) is 7.66. The van der Waals surface area contributed by atoms with Gasteiger partial charge in [-0.15, -0.1) is 0 Å². The molecule has 2 amide bonds. The number of anilines is 1. The second-order valence-corrected chi connectivity index (χ2v) is 8.06. The summed E-state index contributed by atoms with van der Waals surface area (Å²) in [6, 6.07) is 13.2. The number of carbonyl (C=O) groups excluding carboxylic acids is 2. The van der Waals surface area contributed by atoms with Crippen LogP contribution in [0.15, 0.2) is 48.2 Å². The molecule has 6 nitrogen and oxygen atoms in total. The van der Waals surface area contributed by atoms with Crippen molar-refractivity contribution in [2.45, 2.75) is 40.0 Å². The van der Waals surface area contributed by atoms with Gasteiger partial charge in [0, 0.05) is 25.4 Å². The number of hydrogen-bond acceptors (Lipinski definition) is 5. The first kappa shape index (κ1) is 23.5. The smallest absolute Gasteiger partial charge is 0.278 e. The maximum atomic E-state index is 13.3. The number of nitrogens with zero attached hydrogens (tertiary/aromatic N) is 1. The molecular weight excluding hydrogens is 404 g/mol. The van der Waals surface area contributed by atoms with Gasteiger partial charge in [-0.3, -0.25) is 14.5 Å². The lowest BCUT2D eigenvalue weighted by atomic mass is 10.0. The van der Waals surface area contributed by atoms with E-state index >= 15 is 0 Å². The van der Waals surface area contributed by atoms with E-state index in [9.17, 15) is 9.59 Å². The Balaban J connectivity index is 1.86. The summed E-state index contributed by atoms with van der Waals surface area (Å²) in [4.78, 5) is 27.9. The number of methoxy groups -OCH3 is 1. The van der Waals surface area contributed by atoms with Crippen LogP contribution in [0.4, 0.5) is 5.69 Å². The Labute approximate surface area is 190 Å². The van der Waals surface area contributed by atoms with Crippen LogP contribution in [0.2, 0.25) is 0 Å². The van der Waals surface area contributed by atoms with Crippen LogP contribution in [-0.4, -0.2) is 43.6 Å². The van der Waals surface area contributed by atoms with Crippen LogP contribution in [0.1, 0.15) is 42.9 Å². The zero-order chi connectivity index (χ0) is 23.1. The Bertz CT molecular complexity index is 975. The van der Waals surface area contributed by atoms with Crippen LogP contribution >= 0.6 is 0 Å². The Hall–Kier alpha value is -3.12. The maximum Gasteiger partial charge on any atom is 0.278 e. The van der Waals surface area contributed by atoms with E-state index in [0.29, 0.717) is 48.8 Å². The number of amides is 2. The van der Waals surface area contributed by atoms with Crippen molar-refractivity contribution in [1.29, 1.82) is 0 Å². The standard InChI is InChI=1S/C26H32N2O4/c1-5-6-13-32-14-7-12-28-25(29)23(20-8-10-22(31-4)11-9-20)24(26(28)30)27-21-16-18(2)15-19(3)17-21/h8-11,15-17,27H,5-7,12-14H2,1-4H3. The average molecular weight is 437 g/mol. The number of nitrogens with one attached hydrogen (secondary N) is 1. The van der Waals surface area contributed by atoms with Crippen LogP contribution in [0.25, 0.3) is 5.57 Å². The molecule has 0 unspecified atom stereocenters. The van der Waals surface area contributed by atoms with Gasteiger partial charge in [-0.2, -0.15) is 0 Å². The minimum absolute atomic E-state index is 0.291. The predicted molar refractivity (Wildman–Crippen MR) is 127 cm³/mol. The normalized spacial score (nSPS) is 13.8. The number of rotatable bonds is 11. The Kier molecular flexibility index (Phi) is 8.06. The van der Waals surface area contributed by atoms with Gasteiger partial charge < -0.3 is 14.8 Å². The van der Waals surface area contributed by atoms with E-state index in [2.05, 4.69) is 18.3 Å². The topological polar surface area (TPSA) is 67.9 Å². The molecule has 170 valence electrons. The molecule has 0 atom stereocenters. The summed E-state index contributed by atoms with van der Waals surface area (Å²) in [5, 5.41) is 3.23. The van der Waals surface area contributed by atoms with Gasteiger partial charge in [0.25, 0.3) is 11.8 Å². The second kappa shape index (κ2) is 11.0. The Morgan fingerprint density at radius 3 is 2.19 bits per heavy atom. The quantitative estimate of drug-likeness (QED) is 0.408. The molecule has 0 spiro atoms. The highest BCUT2D eigenvalue weighted by Crippen LogP contribution is 2.32. The lowest BCUT2D eigenvalue weighted by Gasteiger charge is -2.15. The van der Waals surface area contributed by atoms with Crippen molar-refractivity contribution in [2.24, 2.45) is 0 Å². The molecule has 0 bridgehead atoms. The highest BCUT2D eigenvalue weighted by Gasteiger charge is 2.38. The van der Waals surface area contributed by atoms with Gasteiger partial charge >= 0.3 is 0 Å². The molecule has 0 aliphatic carbocycles. The largest absolute Gasteiger partial charge is 0.497 e. The summed E-state index contributed by atoms with van der Waals surface area (Å²) < 4.78 is 10.8. The molecule has 0 radical (unpaired) electrons. The van der Waals surface area contributed by atoms with E-state index in [4.69, 9.17) is 9.47 Å². The molecule has 3 rings (SSSR count). The lowest BCUT2D eigenvalue weighted by molar-refractivity contribution is -0.137. The van der Waals surface area contributed by atoms with E-state index in [-0.39, 0.29) is 11.8 Å². The lowest BCUT2D eigenvalue weighted by Crippen LogP contribution is -2.34. The molecule has 1 aliphatic heterocycles. The molecule has 32 heavy (non-hydrogen) atoms. The Morgan fingerprint density at radius 1 is 0.906 bits per heavy atom. The SMILES string of the molecule is CCCCOCCCN1C(=O)C(Nc2cc(C)cc(C)c2)=C(c2ccc(OC)cc2)C1=O. The number of aryl methyl sites for hydroxylation is 2. The first-order valence-electron chi connectivity index (χ1n) is 11.1. The van der Waals surface area contributed by atoms with Gasteiger partial charge in [0.05, 0.1) is 12.7 Å². The number of imide groups is 1. The van der Waals surface area contributed by atoms with Crippen LogP contribution in [0.5, 0.6) is 5.75 Å². The average Bonchev–Trinajstić information content (AvgIpc) is 2.99. The first-order valence-corrected chi connectivity index (χ1v) is 11.1. The van der Waals surface area contributed by atoms with Crippen molar-refractivity contribution in [2.75, 3.05) is 32.2 Å². The minimum atomic E-state index is -0.312. The monoisotopic (exact) mass is 436 g/mol. The molecule has 2 aromatic rings. The highest BCUT2D eigenvalue weighted by molar-refractivity contribution is 6.36. The van der Waals surface area contributed by atoms with Crippen molar-refractivity contribution in [3.63, 3.8) is 0 Å². The van der Waals surface area contributed by atoms with Gasteiger partial charge in [-0.1, -0.05) is 31.5 Å². The fourth-order valence-electron chi connectivity index (χ4n) is 3.78. The molecule has 2 aromatic carbocycles. The number of benzene rings is 2. The molecule has 6 heteroatoms. The highest BCUT2D eigenvalue weighted by atomic mass is 16.5. The third kappa shape index (κ3) is 5.56. The molecule has 0 saturated carbocycles. The molecule has 1 N–H and O–H groups in total. The zero-order valence-electron chi connectivity index (χ0n) is 19.4. The fourth-order valence-corrected chi connectivity index (χ4v) is 3.78. The zero-order valence-corrected chi connectivity index (χ0v) is 19.4. The Morgan fingerprint density at radius 2 is 1.56 bits per heavy atom. The van der Waals surface area contributed by atoms with Crippen molar-refractivity contribution in [3.8, 4) is 5.75 Å². The minimum Gasteiger partial charge on any atom is -0.497 e. The third-order valence-corrected chi connectivity index (χ3v) is 5.35. The summed E-state index contributed by atoms with van der Waals surface area (Å²) >= 11 is 0. The predicted octanol–water partition coefficient (Wildman–Crippen LogP) is 4.71. The fraction of sp³-hybridized carbons (Fsp3) is 0.385. The molecule has 1 aliphatic rings. The number of ether oxygens (including phenoxy) is 2. The van der Waals surface area contributed by atoms with Gasteiger partial charge in [0.15, 0.2) is 0 Å². The van der Waals surface area contributed by atoms with Gasteiger partial charge in [0.2, 0.25) is 0 Å². The van der Waals surface area contributed by atoms with E-state index in [1.807, 2.05) is 26.0 Å². The molecule has 1 heterocycles. The van der Waals surface area contributed by atoms with Gasteiger partial charge in [-0.05, 0) is 67.6 Å². The van der Waals surface area contributed by atoms with Crippen LogP contribution in [-0.2, 0) is 14.3 Å². The van der Waals surface area contributed by atoms with E-state index < -0.39 is 0 Å². The molecular formula is C26H32N2O4. The molecule has 0 saturated heterocycles. The maximum absolute atomic E-state index is 13.3. The van der Waals surface area contributed by atoms with Crippen molar-refractivity contribution >= 4 is 23.1 Å². The van der Waals surface area contributed by atoms with E-state index in [0.717, 1.165) is 29.7 Å². The van der Waals surface area contributed by atoms with Crippen LogP contribution in [0.3, 0.4) is 0 Å². The van der Waals surface area contributed by atoms with Crippen LogP contribution < -0.4 is 10.1 Å². The third-order valence-electron chi connectivity index (χ3n) is 5.35. The number of carbonyl (C=O) groups is 2. The summed E-state index contributed by atoms with van der Waals surface area (Å²) in [7, 11) is 1.59. The van der Waals surface area contributed by atoms with E-state index in [1.54, 1.807) is 31.4 Å². The molecule has 0 fully saturated rings. The van der Waals surface area contributed by atoms with Crippen molar-refractivity contribution < 1.29 is 19.1 Å². The summed E-state index contributed by atoms with van der Waals surface area (Å²) in [5.41, 5.74) is 4.31. The second-order valence-electron chi connectivity index (χ2n) is 8.06. The van der Waals surface area contributed by atoms with Crippen LogP contribution in [0, 0.1) is 13.8 Å². The molecule has 0 aromatic heterocycles. The summed E-state index contributed by atoms with van der Waals surface area (Å²) in [6.07, 6.45) is 2.69. The number of hydrogen-bond donors (Lipinski definition) is 1. The summed E-state index contributed by atoms with van der Waals surface area (Å²) in [5.74, 6) is 0.0881. The van der Waals surface area contributed by atoms with Crippen molar-refractivity contribution in [3.05, 3.63) is 64.9 Å². The number of unbranched alkanes of at least 4 members (excludes halogenated alkanes) is 1. The van der Waals surface area contributed by atoms with E-state index in [1.165, 1.54) is 4.90 Å². The van der Waals surface area contributed by atoms with Gasteiger partial charge in [-0.25, -0.2) is 0 Å².